The standard InChI is InChI=1S/C11H19NO5.ClH/c1-8(13)5-11(16)17-9(6-10(14)15)7-12(2,3)4;/h9H,5-7H2,1-4H3;1H/t9-;/m1./s1. The fourth-order valence-electron chi connectivity index (χ4n) is 1.38. The molecule has 6 nitrogen and oxygen atoms in total. The van der Waals surface area contributed by atoms with Gasteiger partial charge in [0.25, 0.3) is 0 Å². The van der Waals surface area contributed by atoms with Crippen LogP contribution in [-0.2, 0) is 19.1 Å². The van der Waals surface area contributed by atoms with Crippen LogP contribution in [-0.4, -0.2) is 61.1 Å². The highest BCUT2D eigenvalue weighted by molar-refractivity contribution is 5.94. The molecule has 0 radical (unpaired) electrons. The van der Waals surface area contributed by atoms with Gasteiger partial charge in [-0.3, -0.25) is 14.4 Å². The molecule has 0 aromatic rings. The molecule has 0 spiro atoms. The van der Waals surface area contributed by atoms with E-state index in [1.165, 1.54) is 6.92 Å². The van der Waals surface area contributed by atoms with Gasteiger partial charge in [0.15, 0.2) is 6.10 Å². The lowest BCUT2D eigenvalue weighted by Crippen LogP contribution is -3.00. The van der Waals surface area contributed by atoms with Gasteiger partial charge in [0.1, 0.15) is 18.7 Å². The Balaban J connectivity index is 0. The molecule has 0 fully saturated rings. The van der Waals surface area contributed by atoms with Crippen LogP contribution in [0.1, 0.15) is 19.8 Å². The molecule has 0 aromatic carbocycles. The maximum atomic E-state index is 11.3. The molecule has 0 aliphatic heterocycles. The van der Waals surface area contributed by atoms with E-state index < -0.39 is 18.0 Å². The molecule has 0 unspecified atom stereocenters. The highest BCUT2D eigenvalue weighted by atomic mass is 35.5. The summed E-state index contributed by atoms with van der Waals surface area (Å²) in [5.74, 6) is -1.99. The van der Waals surface area contributed by atoms with E-state index in [2.05, 4.69) is 0 Å². The molecule has 0 aliphatic carbocycles. The Bertz CT molecular complexity index is 311. The van der Waals surface area contributed by atoms with Gasteiger partial charge >= 0.3 is 11.9 Å². The number of esters is 1. The van der Waals surface area contributed by atoms with E-state index in [1.807, 2.05) is 21.1 Å². The molecule has 1 N–H and O–H groups in total. The van der Waals surface area contributed by atoms with Crippen molar-refractivity contribution in [1.29, 1.82) is 0 Å². The van der Waals surface area contributed by atoms with Crippen LogP contribution in [0.3, 0.4) is 0 Å². The molecule has 1 atom stereocenters. The third-order valence-electron chi connectivity index (χ3n) is 1.85. The molecule has 0 rings (SSSR count). The number of halogens is 1. The number of ether oxygens (including phenoxy) is 1. The number of carbonyl (C=O) groups is 3. The third kappa shape index (κ3) is 11.3. The Labute approximate surface area is 113 Å². The molecule has 0 amide bonds. The molecule has 0 aliphatic rings. The predicted molar refractivity (Wildman–Crippen MR) is 60.3 cm³/mol. The molecule has 106 valence electrons. The Morgan fingerprint density at radius 3 is 2.06 bits per heavy atom. The summed E-state index contributed by atoms with van der Waals surface area (Å²) in [6.45, 7) is 1.67. The Kier molecular flexibility index (Phi) is 8.59. The molecule has 0 bridgehead atoms. The number of likely N-dealkylation sites (N-methyl/N-ethyl adjacent to an activating group) is 1. The van der Waals surface area contributed by atoms with Crippen molar-refractivity contribution in [3.8, 4) is 0 Å². The van der Waals surface area contributed by atoms with Crippen molar-refractivity contribution in [2.75, 3.05) is 27.7 Å². The van der Waals surface area contributed by atoms with Gasteiger partial charge in [-0.2, -0.15) is 0 Å². The van der Waals surface area contributed by atoms with Crippen LogP contribution in [0.4, 0.5) is 0 Å². The average molecular weight is 282 g/mol. The van der Waals surface area contributed by atoms with Gasteiger partial charge in [0, 0.05) is 0 Å². The molecule has 0 heterocycles. The second kappa shape index (κ2) is 8.05. The average Bonchev–Trinajstić information content (AvgIpc) is 1.95. The first-order valence-electron chi connectivity index (χ1n) is 5.31. The second-order valence-electron chi connectivity index (χ2n) is 5.06. The van der Waals surface area contributed by atoms with Crippen LogP contribution in [0.5, 0.6) is 0 Å². The molecule has 0 saturated heterocycles. The summed E-state index contributed by atoms with van der Waals surface area (Å²) in [5, 5.41) is 8.71. The molecule has 0 aromatic heterocycles. The van der Waals surface area contributed by atoms with E-state index in [-0.39, 0.29) is 31.0 Å². The van der Waals surface area contributed by atoms with Gasteiger partial charge < -0.3 is 26.7 Å². The first-order valence-corrected chi connectivity index (χ1v) is 5.31. The minimum Gasteiger partial charge on any atom is -1.00 e. The van der Waals surface area contributed by atoms with Crippen LogP contribution in [0, 0.1) is 0 Å². The molecular weight excluding hydrogens is 262 g/mol. The number of carboxylic acids is 1. The fourth-order valence-corrected chi connectivity index (χ4v) is 1.38. The van der Waals surface area contributed by atoms with Gasteiger partial charge in [0.05, 0.1) is 27.6 Å². The van der Waals surface area contributed by atoms with Crippen molar-refractivity contribution < 1.29 is 41.1 Å². The number of nitrogens with zero attached hydrogens (tertiary/aromatic N) is 1. The van der Waals surface area contributed by atoms with Crippen molar-refractivity contribution in [3.63, 3.8) is 0 Å². The number of quaternary nitrogens is 1. The zero-order valence-corrected chi connectivity index (χ0v) is 11.9. The zero-order valence-electron chi connectivity index (χ0n) is 11.1. The number of carboxylic acid groups (broad SMARTS) is 1. The predicted octanol–water partition coefficient (Wildman–Crippen LogP) is -2.94. The minimum absolute atomic E-state index is 0. The van der Waals surface area contributed by atoms with Gasteiger partial charge in [-0.1, -0.05) is 0 Å². The highest BCUT2D eigenvalue weighted by Gasteiger charge is 2.25. The van der Waals surface area contributed by atoms with Crippen LogP contribution in [0.15, 0.2) is 0 Å². The van der Waals surface area contributed by atoms with E-state index in [0.29, 0.717) is 11.0 Å². The maximum Gasteiger partial charge on any atom is 0.313 e. The number of rotatable bonds is 7. The van der Waals surface area contributed by atoms with Gasteiger partial charge in [-0.05, 0) is 6.92 Å². The molecule has 7 heteroatoms. The van der Waals surface area contributed by atoms with Crippen molar-refractivity contribution in [1.82, 2.24) is 0 Å². The molecule has 0 saturated carbocycles. The van der Waals surface area contributed by atoms with Crippen molar-refractivity contribution in [2.24, 2.45) is 0 Å². The van der Waals surface area contributed by atoms with Crippen LogP contribution >= 0.6 is 0 Å². The van der Waals surface area contributed by atoms with Crippen LogP contribution in [0.2, 0.25) is 0 Å². The van der Waals surface area contributed by atoms with E-state index in [0.717, 1.165) is 0 Å². The molecule has 18 heavy (non-hydrogen) atoms. The smallest absolute Gasteiger partial charge is 0.313 e. The number of ketones is 1. The lowest BCUT2D eigenvalue weighted by atomic mass is 10.2. The Morgan fingerprint density at radius 2 is 1.72 bits per heavy atom. The van der Waals surface area contributed by atoms with E-state index in [9.17, 15) is 14.4 Å². The third-order valence-corrected chi connectivity index (χ3v) is 1.85. The molecular formula is C11H20ClNO5. The van der Waals surface area contributed by atoms with Crippen molar-refractivity contribution >= 4 is 17.7 Å². The summed E-state index contributed by atoms with van der Waals surface area (Å²) < 4.78 is 5.47. The van der Waals surface area contributed by atoms with Crippen LogP contribution < -0.4 is 12.4 Å². The van der Waals surface area contributed by atoms with Gasteiger partial charge in [-0.25, -0.2) is 0 Å². The summed E-state index contributed by atoms with van der Waals surface area (Å²) in [4.78, 5) is 32.6. The highest BCUT2D eigenvalue weighted by Crippen LogP contribution is 2.06. The quantitative estimate of drug-likeness (QED) is 0.307. The maximum absolute atomic E-state index is 11.3. The van der Waals surface area contributed by atoms with Crippen molar-refractivity contribution in [2.45, 2.75) is 25.9 Å². The summed E-state index contributed by atoms with van der Waals surface area (Å²) in [6.07, 6.45) is -1.27. The monoisotopic (exact) mass is 281 g/mol. The van der Waals surface area contributed by atoms with Gasteiger partial charge in [0.2, 0.25) is 0 Å². The van der Waals surface area contributed by atoms with Gasteiger partial charge in [-0.15, -0.1) is 0 Å². The number of aliphatic carboxylic acids is 1. The minimum atomic E-state index is -1.03. The first kappa shape index (κ1) is 19.2. The fraction of sp³-hybridized carbons (Fsp3) is 0.727. The SMILES string of the molecule is CC(=O)CC(=O)O[C@H](CC(=O)O)C[N+](C)(C)C.[Cl-]. The lowest BCUT2D eigenvalue weighted by Gasteiger charge is -2.28. The summed E-state index contributed by atoms with van der Waals surface area (Å²) in [6, 6.07) is 0. The topological polar surface area (TPSA) is 80.7 Å². The number of hydrogen-bond donors (Lipinski definition) is 1. The number of Topliss-reactive ketones (excluding diaryl/α,β-unsaturated/α-hetero) is 1. The van der Waals surface area contributed by atoms with E-state index in [4.69, 9.17) is 9.84 Å². The Morgan fingerprint density at radius 1 is 1.22 bits per heavy atom. The van der Waals surface area contributed by atoms with E-state index in [1.54, 1.807) is 0 Å². The summed E-state index contributed by atoms with van der Waals surface area (Å²) in [7, 11) is 5.61. The lowest BCUT2D eigenvalue weighted by molar-refractivity contribution is -0.873. The Hall–Kier alpha value is -1.14. The summed E-state index contributed by atoms with van der Waals surface area (Å²) in [5.41, 5.74) is 0. The number of hydrogen-bond acceptors (Lipinski definition) is 4. The van der Waals surface area contributed by atoms with E-state index >= 15 is 0 Å². The normalized spacial score (nSPS) is 12.2. The second-order valence-corrected chi connectivity index (χ2v) is 5.06. The van der Waals surface area contributed by atoms with Crippen LogP contribution in [0.25, 0.3) is 0 Å². The largest absolute Gasteiger partial charge is 1.00 e. The number of carbonyl (C=O) groups excluding carboxylic acids is 2. The first-order chi connectivity index (χ1) is 7.60. The zero-order chi connectivity index (χ0) is 13.6. The summed E-state index contributed by atoms with van der Waals surface area (Å²) >= 11 is 0. The van der Waals surface area contributed by atoms with Crippen molar-refractivity contribution in [3.05, 3.63) is 0 Å².